The molecule has 0 bridgehead atoms. The van der Waals surface area contributed by atoms with Crippen molar-refractivity contribution in [2.45, 2.75) is 49.5 Å². The number of carbonyl (C=O) groups is 1. The molecule has 0 aliphatic carbocycles. The van der Waals surface area contributed by atoms with Crippen LogP contribution in [0.5, 0.6) is 11.5 Å². The number of nitrogens with zero attached hydrogens (tertiary/aromatic N) is 6. The number of amides is 1. The normalized spacial score (nSPS) is 17.9. The third-order valence-electron chi connectivity index (χ3n) is 10.5. The molecular weight excluding hydrogens is 751 g/mol. The molecule has 14 heteroatoms. The van der Waals surface area contributed by atoms with E-state index >= 15 is 0 Å². The molecule has 1 saturated heterocycles. The minimum Gasteiger partial charge on any atom is -0.497 e. The zero-order valence-corrected chi connectivity index (χ0v) is 32.7. The second-order valence-corrected chi connectivity index (χ2v) is 14.1. The summed E-state index contributed by atoms with van der Waals surface area (Å²) >= 11 is 0. The van der Waals surface area contributed by atoms with Crippen LogP contribution < -0.4 is 14.8 Å². The Balaban J connectivity index is 1.12. The van der Waals surface area contributed by atoms with Gasteiger partial charge in [-0.15, -0.1) is 0 Å². The van der Waals surface area contributed by atoms with Crippen LogP contribution in [0.2, 0.25) is 0 Å². The number of aromatic nitrogens is 6. The number of benzene rings is 4. The summed E-state index contributed by atoms with van der Waals surface area (Å²) in [5, 5.41) is 15.0. The lowest BCUT2D eigenvalue weighted by molar-refractivity contribution is -0.0961. The van der Waals surface area contributed by atoms with E-state index in [0.29, 0.717) is 34.8 Å². The highest BCUT2D eigenvalue weighted by Gasteiger charge is 2.48. The summed E-state index contributed by atoms with van der Waals surface area (Å²) in [6.45, 7) is 1.10. The van der Waals surface area contributed by atoms with Gasteiger partial charge in [-0.3, -0.25) is 9.36 Å². The van der Waals surface area contributed by atoms with E-state index in [0.717, 1.165) is 36.1 Å². The summed E-state index contributed by atoms with van der Waals surface area (Å²) in [5.74, 6) is 1.31. The standard InChI is InChI=1S/C45H45N7O7/c1-55-35-19-15-33(16-20-35)45(32-13-7-4-8-14-32,34-17-21-36(56-2)22-18-34)58-27-37-39(53)40(57-26-10-9-24-51-25-23-46-29-51)44(59-37)52-30-49-38-41(47-28-48-42(38)52)50-43(54)31-11-5-3-6-12-31/h3-8,11-23,25,28-30,37,39-40,44,53H,9-10,24,26-27H2,1-2H3,(H,47,48,50,54)/t37-,39-,40-,44-/m1/s1. The molecule has 1 amide bonds. The van der Waals surface area contributed by atoms with E-state index in [-0.39, 0.29) is 18.3 Å². The van der Waals surface area contributed by atoms with Gasteiger partial charge >= 0.3 is 0 Å². The number of aryl methyl sites for hydroxylation is 1. The Kier molecular flexibility index (Phi) is 12.0. The number of imidazole rings is 2. The minimum atomic E-state index is -1.15. The van der Waals surface area contributed by atoms with Crippen molar-refractivity contribution in [3.63, 3.8) is 0 Å². The quantitative estimate of drug-likeness (QED) is 0.0774. The van der Waals surface area contributed by atoms with Crippen molar-refractivity contribution in [2.24, 2.45) is 0 Å². The van der Waals surface area contributed by atoms with Crippen molar-refractivity contribution >= 4 is 22.9 Å². The molecule has 59 heavy (non-hydrogen) atoms. The van der Waals surface area contributed by atoms with Gasteiger partial charge < -0.3 is 38.7 Å². The highest BCUT2D eigenvalue weighted by atomic mass is 16.6. The van der Waals surface area contributed by atoms with Gasteiger partial charge in [0.15, 0.2) is 23.2 Å². The number of ether oxygens (including phenoxy) is 5. The van der Waals surface area contributed by atoms with E-state index in [1.165, 1.54) is 6.33 Å². The van der Waals surface area contributed by atoms with Gasteiger partial charge in [0.2, 0.25) is 0 Å². The number of methoxy groups -OCH3 is 2. The van der Waals surface area contributed by atoms with Crippen LogP contribution in [-0.4, -0.2) is 85.8 Å². The molecule has 14 nitrogen and oxygen atoms in total. The first-order chi connectivity index (χ1) is 29.0. The van der Waals surface area contributed by atoms with Gasteiger partial charge in [0, 0.05) is 31.1 Å². The maximum absolute atomic E-state index is 13.1. The number of unbranched alkanes of at least 4 members (excludes halogenated alkanes) is 1. The van der Waals surface area contributed by atoms with Crippen LogP contribution in [0.3, 0.4) is 0 Å². The maximum atomic E-state index is 13.1. The molecule has 8 rings (SSSR count). The Morgan fingerprint density at radius 1 is 0.814 bits per heavy atom. The van der Waals surface area contributed by atoms with Gasteiger partial charge in [-0.05, 0) is 65.9 Å². The van der Waals surface area contributed by atoms with Crippen LogP contribution in [0.4, 0.5) is 5.82 Å². The fourth-order valence-electron chi connectivity index (χ4n) is 7.48. The molecule has 4 atom stereocenters. The molecule has 4 aromatic carbocycles. The second-order valence-electron chi connectivity index (χ2n) is 14.1. The van der Waals surface area contributed by atoms with Crippen LogP contribution in [0, 0.1) is 0 Å². The molecule has 1 aliphatic heterocycles. The molecular formula is C45H45N7O7. The minimum absolute atomic E-state index is 0.0366. The second kappa shape index (κ2) is 18.0. The lowest BCUT2D eigenvalue weighted by Crippen LogP contribution is -2.40. The van der Waals surface area contributed by atoms with Crippen LogP contribution in [0.1, 0.15) is 46.1 Å². The first kappa shape index (κ1) is 39.4. The van der Waals surface area contributed by atoms with Crippen molar-refractivity contribution in [2.75, 3.05) is 32.8 Å². The van der Waals surface area contributed by atoms with Crippen molar-refractivity contribution in [3.05, 3.63) is 163 Å². The van der Waals surface area contributed by atoms with E-state index in [4.69, 9.17) is 23.7 Å². The Morgan fingerprint density at radius 2 is 1.47 bits per heavy atom. The fraction of sp³-hybridized carbons (Fsp3) is 0.267. The van der Waals surface area contributed by atoms with Gasteiger partial charge in [0.1, 0.15) is 41.7 Å². The summed E-state index contributed by atoms with van der Waals surface area (Å²) in [5.41, 5.74) is 2.62. The summed E-state index contributed by atoms with van der Waals surface area (Å²) in [6, 6.07) is 34.3. The number of fused-ring (bicyclic) bond motifs is 1. The summed E-state index contributed by atoms with van der Waals surface area (Å²) in [6.07, 6.45) is 6.28. The molecule has 1 fully saturated rings. The largest absolute Gasteiger partial charge is 0.497 e. The molecule has 7 aromatic rings. The third kappa shape index (κ3) is 8.29. The summed E-state index contributed by atoms with van der Waals surface area (Å²) in [7, 11) is 3.26. The summed E-state index contributed by atoms with van der Waals surface area (Å²) < 4.78 is 35.1. The predicted octanol–water partition coefficient (Wildman–Crippen LogP) is 6.42. The van der Waals surface area contributed by atoms with Crippen molar-refractivity contribution < 1.29 is 33.6 Å². The van der Waals surface area contributed by atoms with Crippen LogP contribution >= 0.6 is 0 Å². The number of aliphatic hydroxyl groups is 1. The van der Waals surface area contributed by atoms with Crippen molar-refractivity contribution in [1.82, 2.24) is 29.1 Å². The first-order valence-electron chi connectivity index (χ1n) is 19.4. The van der Waals surface area contributed by atoms with E-state index in [2.05, 4.69) is 25.3 Å². The molecule has 2 N–H and O–H groups in total. The Labute approximate surface area is 341 Å². The average molecular weight is 796 g/mol. The molecule has 0 spiro atoms. The number of carbonyl (C=O) groups excluding carboxylic acids is 1. The van der Waals surface area contributed by atoms with Gasteiger partial charge in [-0.25, -0.2) is 19.9 Å². The predicted molar refractivity (Wildman–Crippen MR) is 219 cm³/mol. The average Bonchev–Trinajstić information content (AvgIpc) is 4.05. The van der Waals surface area contributed by atoms with Crippen LogP contribution in [-0.2, 0) is 26.4 Å². The SMILES string of the molecule is COc1ccc(C(OC[C@H]2O[C@@H](n3cnc4c(NC(=O)c5ccccc5)ncnc43)[C@H](OCCCCn3ccnc3)[C@@H]2O)(c2ccccc2)c2ccc(OC)cc2)cc1. The molecule has 302 valence electrons. The number of aliphatic hydroxyl groups excluding tert-OH is 1. The van der Waals surface area contributed by atoms with Gasteiger partial charge in [0.25, 0.3) is 5.91 Å². The third-order valence-corrected chi connectivity index (χ3v) is 10.5. The lowest BCUT2D eigenvalue weighted by atomic mass is 9.80. The molecule has 3 aromatic heterocycles. The molecule has 0 saturated carbocycles. The monoisotopic (exact) mass is 795 g/mol. The first-order valence-corrected chi connectivity index (χ1v) is 19.4. The highest BCUT2D eigenvalue weighted by Crippen LogP contribution is 2.43. The number of nitrogens with one attached hydrogen (secondary N) is 1. The lowest BCUT2D eigenvalue weighted by Gasteiger charge is -2.37. The Bertz CT molecular complexity index is 2360. The Hall–Kier alpha value is -6.45. The maximum Gasteiger partial charge on any atom is 0.256 e. The Morgan fingerprint density at radius 3 is 2.12 bits per heavy atom. The van der Waals surface area contributed by atoms with Crippen molar-refractivity contribution in [1.29, 1.82) is 0 Å². The van der Waals surface area contributed by atoms with Gasteiger partial charge in [-0.2, -0.15) is 0 Å². The van der Waals surface area contributed by atoms with E-state index in [1.54, 1.807) is 61.9 Å². The smallest absolute Gasteiger partial charge is 0.256 e. The van der Waals surface area contributed by atoms with Crippen LogP contribution in [0.25, 0.3) is 11.2 Å². The molecule has 4 heterocycles. The molecule has 0 radical (unpaired) electrons. The van der Waals surface area contributed by atoms with Gasteiger partial charge in [-0.1, -0.05) is 72.8 Å². The number of anilines is 1. The van der Waals surface area contributed by atoms with E-state index in [9.17, 15) is 9.90 Å². The van der Waals surface area contributed by atoms with E-state index in [1.807, 2.05) is 95.7 Å². The highest BCUT2D eigenvalue weighted by molar-refractivity contribution is 6.06. The molecule has 1 aliphatic rings. The van der Waals surface area contributed by atoms with Crippen LogP contribution in [0.15, 0.2) is 141 Å². The number of hydrogen-bond acceptors (Lipinski definition) is 11. The molecule has 0 unspecified atom stereocenters. The van der Waals surface area contributed by atoms with Crippen molar-refractivity contribution in [3.8, 4) is 11.5 Å². The topological polar surface area (TPSA) is 157 Å². The summed E-state index contributed by atoms with van der Waals surface area (Å²) in [4.78, 5) is 30.7. The number of rotatable bonds is 17. The fourth-order valence-corrected chi connectivity index (χ4v) is 7.48. The number of hydrogen-bond donors (Lipinski definition) is 2. The zero-order chi connectivity index (χ0) is 40.6. The zero-order valence-electron chi connectivity index (χ0n) is 32.7. The van der Waals surface area contributed by atoms with Gasteiger partial charge in [0.05, 0.1) is 33.5 Å². The van der Waals surface area contributed by atoms with E-state index < -0.39 is 30.1 Å².